The molecule has 21 heavy (non-hydrogen) atoms. The Morgan fingerprint density at radius 3 is 2.71 bits per heavy atom. The number of nitrogens with zero attached hydrogens (tertiary/aromatic N) is 4. The van der Waals surface area contributed by atoms with Crippen LogP contribution in [0.2, 0.25) is 0 Å². The van der Waals surface area contributed by atoms with Crippen LogP contribution in [0.4, 0.5) is 4.39 Å². The molecule has 0 unspecified atom stereocenters. The van der Waals surface area contributed by atoms with Gasteiger partial charge in [-0.05, 0) is 30.7 Å². The van der Waals surface area contributed by atoms with Gasteiger partial charge >= 0.3 is 0 Å². The fourth-order valence-electron chi connectivity index (χ4n) is 2.24. The van der Waals surface area contributed by atoms with Crippen molar-refractivity contribution in [2.45, 2.75) is 6.92 Å². The predicted molar refractivity (Wildman–Crippen MR) is 75.8 cm³/mol. The van der Waals surface area contributed by atoms with Gasteiger partial charge in [-0.15, -0.1) is 0 Å². The molecule has 0 spiro atoms. The normalized spacial score (nSPS) is 10.8. The highest BCUT2D eigenvalue weighted by molar-refractivity contribution is 5.85. The summed E-state index contributed by atoms with van der Waals surface area (Å²) in [6.45, 7) is 1.80. The molecule has 2 heterocycles. The second-order valence-electron chi connectivity index (χ2n) is 4.83. The molecular formula is C15H13FN4O. The lowest BCUT2D eigenvalue weighted by Crippen LogP contribution is -1.98. The van der Waals surface area contributed by atoms with Gasteiger partial charge in [0.2, 0.25) is 0 Å². The first-order valence-electron chi connectivity index (χ1n) is 6.39. The van der Waals surface area contributed by atoms with Crippen molar-refractivity contribution >= 4 is 6.29 Å². The molecule has 106 valence electrons. The molecule has 6 heteroatoms. The van der Waals surface area contributed by atoms with Crippen LogP contribution in [-0.4, -0.2) is 25.8 Å². The second kappa shape index (κ2) is 4.97. The van der Waals surface area contributed by atoms with Crippen LogP contribution in [0.5, 0.6) is 0 Å². The topological polar surface area (TPSA) is 52.7 Å². The first-order valence-corrected chi connectivity index (χ1v) is 6.39. The molecule has 2 aromatic heterocycles. The number of aryl methyl sites for hydroxylation is 2. The molecule has 1 aromatic carbocycles. The summed E-state index contributed by atoms with van der Waals surface area (Å²) in [5, 5.41) is 8.52. The lowest BCUT2D eigenvalue weighted by atomic mass is 10.2. The number of hydrogen-bond acceptors (Lipinski definition) is 3. The van der Waals surface area contributed by atoms with Crippen molar-refractivity contribution in [3.8, 4) is 16.9 Å². The van der Waals surface area contributed by atoms with E-state index in [2.05, 4.69) is 10.2 Å². The molecule has 3 rings (SSSR count). The molecule has 0 saturated heterocycles. The lowest BCUT2D eigenvalue weighted by molar-refractivity contribution is 0.112. The van der Waals surface area contributed by atoms with E-state index in [-0.39, 0.29) is 5.82 Å². The maximum atomic E-state index is 13.2. The Balaban J connectivity index is 2.13. The van der Waals surface area contributed by atoms with Crippen molar-refractivity contribution in [1.82, 2.24) is 19.6 Å². The zero-order valence-electron chi connectivity index (χ0n) is 11.6. The Bertz CT molecular complexity index is 819. The number of carbonyl (C=O) groups is 1. The lowest BCUT2D eigenvalue weighted by Gasteiger charge is -2.05. The van der Waals surface area contributed by atoms with E-state index in [0.29, 0.717) is 11.3 Å². The molecule has 0 atom stereocenters. The minimum Gasteiger partial charge on any atom is -0.298 e. The van der Waals surface area contributed by atoms with Crippen molar-refractivity contribution in [2.24, 2.45) is 7.05 Å². The van der Waals surface area contributed by atoms with Crippen LogP contribution in [0.25, 0.3) is 16.9 Å². The number of carbonyl (C=O) groups excluding carboxylic acids is 1. The summed E-state index contributed by atoms with van der Waals surface area (Å²) in [5.74, 6) is -0.300. The number of halogens is 1. The largest absolute Gasteiger partial charge is 0.298 e. The van der Waals surface area contributed by atoms with Gasteiger partial charge in [0, 0.05) is 25.0 Å². The van der Waals surface area contributed by atoms with Crippen molar-refractivity contribution < 1.29 is 9.18 Å². The van der Waals surface area contributed by atoms with E-state index in [4.69, 9.17) is 0 Å². The first-order chi connectivity index (χ1) is 10.1. The van der Waals surface area contributed by atoms with E-state index in [0.717, 1.165) is 23.1 Å². The molecule has 3 aromatic rings. The first kappa shape index (κ1) is 13.2. The van der Waals surface area contributed by atoms with Crippen LogP contribution in [-0.2, 0) is 7.05 Å². The molecule has 0 aliphatic rings. The third-order valence-corrected chi connectivity index (χ3v) is 3.25. The number of hydrogen-bond donors (Lipinski definition) is 0. The molecule has 0 fully saturated rings. The van der Waals surface area contributed by atoms with E-state index in [1.807, 2.05) is 0 Å². The number of rotatable bonds is 3. The van der Waals surface area contributed by atoms with Crippen molar-refractivity contribution in [3.63, 3.8) is 0 Å². The van der Waals surface area contributed by atoms with E-state index in [9.17, 15) is 9.18 Å². The van der Waals surface area contributed by atoms with Gasteiger partial charge in [0.25, 0.3) is 0 Å². The second-order valence-corrected chi connectivity index (χ2v) is 4.83. The van der Waals surface area contributed by atoms with Crippen LogP contribution >= 0.6 is 0 Å². The van der Waals surface area contributed by atoms with Crippen LogP contribution in [0.15, 0.2) is 36.8 Å². The quantitative estimate of drug-likeness (QED) is 0.694. The van der Waals surface area contributed by atoms with Gasteiger partial charge in [-0.1, -0.05) is 0 Å². The van der Waals surface area contributed by atoms with Crippen molar-refractivity contribution in [2.75, 3.05) is 0 Å². The molecule has 0 N–H and O–H groups in total. The molecule has 5 nitrogen and oxygen atoms in total. The third kappa shape index (κ3) is 2.35. The Morgan fingerprint density at radius 1 is 1.29 bits per heavy atom. The van der Waals surface area contributed by atoms with Gasteiger partial charge in [-0.3, -0.25) is 9.48 Å². The molecule has 0 aliphatic carbocycles. The monoisotopic (exact) mass is 284 g/mol. The van der Waals surface area contributed by atoms with Crippen LogP contribution in [0, 0.1) is 12.7 Å². The summed E-state index contributed by atoms with van der Waals surface area (Å²) in [5.41, 5.74) is 3.26. The molecular weight excluding hydrogens is 271 g/mol. The maximum Gasteiger partial charge on any atom is 0.153 e. The Kier molecular flexibility index (Phi) is 3.13. The molecule has 0 aliphatic heterocycles. The third-order valence-electron chi connectivity index (χ3n) is 3.25. The van der Waals surface area contributed by atoms with Gasteiger partial charge in [0.05, 0.1) is 17.4 Å². The summed E-state index contributed by atoms with van der Waals surface area (Å²) in [7, 11) is 1.80. The minimum absolute atomic E-state index is 0.300. The zero-order valence-corrected chi connectivity index (χ0v) is 11.6. The highest BCUT2D eigenvalue weighted by Crippen LogP contribution is 2.23. The van der Waals surface area contributed by atoms with Gasteiger partial charge in [-0.2, -0.15) is 10.2 Å². The van der Waals surface area contributed by atoms with Crippen LogP contribution < -0.4 is 0 Å². The number of aldehydes is 1. The standard InChI is InChI=1S/C15H13FN4O/c1-10-5-13(16)3-4-14(10)20-8-12(9-21)15(18-20)11-6-17-19(2)7-11/h3-9H,1-2H3. The summed E-state index contributed by atoms with van der Waals surface area (Å²) in [6.07, 6.45) is 5.83. The molecule has 0 radical (unpaired) electrons. The SMILES string of the molecule is Cc1cc(F)ccc1-n1cc(C=O)c(-c2cnn(C)c2)n1. The summed E-state index contributed by atoms with van der Waals surface area (Å²) in [6, 6.07) is 4.44. The zero-order chi connectivity index (χ0) is 15.0. The van der Waals surface area contributed by atoms with E-state index in [1.165, 1.54) is 12.1 Å². The van der Waals surface area contributed by atoms with Gasteiger partial charge < -0.3 is 0 Å². The molecule has 0 amide bonds. The van der Waals surface area contributed by atoms with Crippen LogP contribution in [0.3, 0.4) is 0 Å². The van der Waals surface area contributed by atoms with E-state index in [1.54, 1.807) is 48.0 Å². The van der Waals surface area contributed by atoms with Gasteiger partial charge in [0.15, 0.2) is 6.29 Å². The summed E-state index contributed by atoms with van der Waals surface area (Å²) >= 11 is 0. The van der Waals surface area contributed by atoms with Gasteiger partial charge in [-0.25, -0.2) is 9.07 Å². The minimum atomic E-state index is -0.300. The highest BCUT2D eigenvalue weighted by atomic mass is 19.1. The van der Waals surface area contributed by atoms with E-state index < -0.39 is 0 Å². The summed E-state index contributed by atoms with van der Waals surface area (Å²) in [4.78, 5) is 11.3. The fourth-order valence-corrected chi connectivity index (χ4v) is 2.24. The van der Waals surface area contributed by atoms with E-state index >= 15 is 0 Å². The smallest absolute Gasteiger partial charge is 0.153 e. The predicted octanol–water partition coefficient (Wildman–Crippen LogP) is 2.53. The van der Waals surface area contributed by atoms with Crippen LogP contribution in [0.1, 0.15) is 15.9 Å². The Hall–Kier alpha value is -2.76. The Labute approximate surface area is 120 Å². The van der Waals surface area contributed by atoms with Gasteiger partial charge in [0.1, 0.15) is 11.5 Å². The fraction of sp³-hybridized carbons (Fsp3) is 0.133. The Morgan fingerprint density at radius 2 is 2.10 bits per heavy atom. The molecule has 0 bridgehead atoms. The number of aromatic nitrogens is 4. The van der Waals surface area contributed by atoms with Crippen molar-refractivity contribution in [3.05, 3.63) is 53.7 Å². The van der Waals surface area contributed by atoms with Crippen molar-refractivity contribution in [1.29, 1.82) is 0 Å². The average Bonchev–Trinajstić information content (AvgIpc) is 3.04. The number of benzene rings is 1. The molecule has 0 saturated carbocycles. The average molecular weight is 284 g/mol. The summed E-state index contributed by atoms with van der Waals surface area (Å²) < 4.78 is 16.4. The maximum absolute atomic E-state index is 13.2. The highest BCUT2D eigenvalue weighted by Gasteiger charge is 2.14.